The van der Waals surface area contributed by atoms with Crippen molar-refractivity contribution >= 4 is 0 Å². The Kier molecular flexibility index (Phi) is 5.46. The first-order valence-corrected chi connectivity index (χ1v) is 7.74. The fourth-order valence-electron chi connectivity index (χ4n) is 2.23. The molecule has 0 aromatic carbocycles. The smallest absolute Gasteiger partial charge is 0.118 e. The molecular weight excluding hydrogens is 236 g/mol. The van der Waals surface area contributed by atoms with Gasteiger partial charge < -0.3 is 9.73 Å². The van der Waals surface area contributed by atoms with E-state index >= 15 is 0 Å². The largest absolute Gasteiger partial charge is 0.463 e. The van der Waals surface area contributed by atoms with Crippen molar-refractivity contribution in [3.8, 4) is 0 Å². The molecule has 108 valence electrons. The maximum Gasteiger partial charge on any atom is 0.118 e. The lowest BCUT2D eigenvalue weighted by atomic mass is 10.1. The highest BCUT2D eigenvalue weighted by Crippen LogP contribution is 2.20. The van der Waals surface area contributed by atoms with Crippen molar-refractivity contribution in [3.05, 3.63) is 23.7 Å². The molecule has 0 bridgehead atoms. The summed E-state index contributed by atoms with van der Waals surface area (Å²) in [4.78, 5) is 2.46. The number of nitrogens with zero attached hydrogens (tertiary/aromatic N) is 1. The number of furan rings is 1. The lowest BCUT2D eigenvalue weighted by molar-refractivity contribution is 0.218. The van der Waals surface area contributed by atoms with E-state index in [2.05, 4.69) is 43.1 Å². The molecule has 1 aliphatic carbocycles. The lowest BCUT2D eigenvalue weighted by Gasteiger charge is -2.22. The maximum absolute atomic E-state index is 5.91. The Hall–Kier alpha value is -0.800. The van der Waals surface area contributed by atoms with Crippen LogP contribution in [-0.4, -0.2) is 24.0 Å². The molecule has 0 spiro atoms. The van der Waals surface area contributed by atoms with Gasteiger partial charge in [-0.25, -0.2) is 0 Å². The maximum atomic E-state index is 5.91. The molecule has 1 atom stereocenters. The van der Waals surface area contributed by atoms with Crippen LogP contribution in [-0.2, 0) is 13.1 Å². The summed E-state index contributed by atoms with van der Waals surface area (Å²) in [5.74, 6) is 2.92. The molecule has 1 aromatic heterocycles. The van der Waals surface area contributed by atoms with Gasteiger partial charge in [0.1, 0.15) is 11.5 Å². The standard InChI is InChI=1S/C16H28N2O/c1-4-13(3)11-18(5-2)12-16-9-8-15(19-16)10-17-14-6-7-14/h8-9,13-14,17H,4-7,10-12H2,1-3H3. The fraction of sp³-hybridized carbons (Fsp3) is 0.750. The summed E-state index contributed by atoms with van der Waals surface area (Å²) in [7, 11) is 0. The molecule has 0 radical (unpaired) electrons. The van der Waals surface area contributed by atoms with Gasteiger partial charge in [0.05, 0.1) is 13.1 Å². The van der Waals surface area contributed by atoms with E-state index in [-0.39, 0.29) is 0 Å². The van der Waals surface area contributed by atoms with Crippen LogP contribution in [0.2, 0.25) is 0 Å². The normalized spacial score (nSPS) is 17.1. The number of hydrogen-bond acceptors (Lipinski definition) is 3. The average Bonchev–Trinajstić information content (AvgIpc) is 3.15. The number of rotatable bonds is 9. The second-order valence-corrected chi connectivity index (χ2v) is 5.86. The summed E-state index contributed by atoms with van der Waals surface area (Å²) in [6.45, 7) is 10.8. The van der Waals surface area contributed by atoms with Crippen LogP contribution in [0.4, 0.5) is 0 Å². The Balaban J connectivity index is 1.79. The minimum atomic E-state index is 0.742. The predicted octanol–water partition coefficient (Wildman–Crippen LogP) is 3.40. The summed E-state index contributed by atoms with van der Waals surface area (Å²) >= 11 is 0. The Morgan fingerprint density at radius 2 is 2.05 bits per heavy atom. The van der Waals surface area contributed by atoms with Crippen LogP contribution < -0.4 is 5.32 Å². The second kappa shape index (κ2) is 7.11. The molecule has 1 N–H and O–H groups in total. The molecule has 3 nitrogen and oxygen atoms in total. The molecule has 19 heavy (non-hydrogen) atoms. The van der Waals surface area contributed by atoms with Crippen LogP contribution in [0, 0.1) is 5.92 Å². The zero-order chi connectivity index (χ0) is 13.7. The average molecular weight is 264 g/mol. The highest BCUT2D eigenvalue weighted by molar-refractivity contribution is 5.07. The molecule has 0 saturated heterocycles. The molecule has 1 fully saturated rings. The van der Waals surface area contributed by atoms with Crippen molar-refractivity contribution < 1.29 is 4.42 Å². The monoisotopic (exact) mass is 264 g/mol. The topological polar surface area (TPSA) is 28.4 Å². The Labute approximate surface area is 117 Å². The van der Waals surface area contributed by atoms with Gasteiger partial charge in [0.15, 0.2) is 0 Å². The van der Waals surface area contributed by atoms with Gasteiger partial charge in [-0.2, -0.15) is 0 Å². The second-order valence-electron chi connectivity index (χ2n) is 5.86. The van der Waals surface area contributed by atoms with Crippen molar-refractivity contribution in [1.29, 1.82) is 0 Å². The summed E-state index contributed by atoms with van der Waals surface area (Å²) in [6, 6.07) is 4.98. The first-order chi connectivity index (χ1) is 9.21. The van der Waals surface area contributed by atoms with E-state index in [1.165, 1.54) is 19.3 Å². The molecule has 0 amide bonds. The molecule has 1 aromatic rings. The Bertz CT molecular complexity index is 371. The molecule has 1 unspecified atom stereocenters. The zero-order valence-corrected chi connectivity index (χ0v) is 12.6. The molecule has 2 rings (SSSR count). The lowest BCUT2D eigenvalue weighted by Crippen LogP contribution is -2.27. The van der Waals surface area contributed by atoms with Crippen LogP contribution in [0.15, 0.2) is 16.5 Å². The predicted molar refractivity (Wildman–Crippen MR) is 79.0 cm³/mol. The summed E-state index contributed by atoms with van der Waals surface area (Å²) in [5, 5.41) is 3.49. The highest BCUT2D eigenvalue weighted by Gasteiger charge is 2.20. The third-order valence-corrected chi connectivity index (χ3v) is 3.95. The summed E-state index contributed by atoms with van der Waals surface area (Å²) in [6.07, 6.45) is 3.89. The highest BCUT2D eigenvalue weighted by atomic mass is 16.3. The van der Waals surface area contributed by atoms with E-state index in [4.69, 9.17) is 4.42 Å². The third-order valence-electron chi connectivity index (χ3n) is 3.95. The fourth-order valence-corrected chi connectivity index (χ4v) is 2.23. The number of nitrogens with one attached hydrogen (secondary N) is 1. The molecule has 3 heteroatoms. The van der Waals surface area contributed by atoms with Crippen molar-refractivity contribution in [3.63, 3.8) is 0 Å². The molecular formula is C16H28N2O. The Morgan fingerprint density at radius 1 is 1.32 bits per heavy atom. The van der Waals surface area contributed by atoms with Gasteiger partial charge in [0.2, 0.25) is 0 Å². The zero-order valence-electron chi connectivity index (χ0n) is 12.6. The van der Waals surface area contributed by atoms with Crippen LogP contribution in [0.3, 0.4) is 0 Å². The van der Waals surface area contributed by atoms with E-state index in [0.717, 1.165) is 49.7 Å². The van der Waals surface area contributed by atoms with Crippen LogP contribution in [0.1, 0.15) is 51.6 Å². The van der Waals surface area contributed by atoms with Crippen LogP contribution >= 0.6 is 0 Å². The van der Waals surface area contributed by atoms with Crippen molar-refractivity contribution in [2.45, 2.75) is 59.2 Å². The molecule has 1 aliphatic rings. The SMILES string of the molecule is CCC(C)CN(CC)Cc1ccc(CNC2CC2)o1. The van der Waals surface area contributed by atoms with E-state index in [1.54, 1.807) is 0 Å². The Morgan fingerprint density at radius 3 is 2.68 bits per heavy atom. The van der Waals surface area contributed by atoms with Crippen molar-refractivity contribution in [1.82, 2.24) is 10.2 Å². The van der Waals surface area contributed by atoms with Gasteiger partial charge in [-0.1, -0.05) is 27.2 Å². The van der Waals surface area contributed by atoms with Gasteiger partial charge >= 0.3 is 0 Å². The van der Waals surface area contributed by atoms with Gasteiger partial charge in [-0.3, -0.25) is 4.90 Å². The quantitative estimate of drug-likeness (QED) is 0.741. The van der Waals surface area contributed by atoms with Crippen LogP contribution in [0.5, 0.6) is 0 Å². The van der Waals surface area contributed by atoms with Gasteiger partial charge in [0.25, 0.3) is 0 Å². The minimum Gasteiger partial charge on any atom is -0.463 e. The number of hydrogen-bond donors (Lipinski definition) is 1. The van der Waals surface area contributed by atoms with Crippen molar-refractivity contribution in [2.24, 2.45) is 5.92 Å². The molecule has 1 saturated carbocycles. The molecule has 1 heterocycles. The summed E-state index contributed by atoms with van der Waals surface area (Å²) in [5.41, 5.74) is 0. The first kappa shape index (κ1) is 14.6. The van der Waals surface area contributed by atoms with E-state index in [9.17, 15) is 0 Å². The van der Waals surface area contributed by atoms with E-state index in [0.29, 0.717) is 0 Å². The molecule has 0 aliphatic heterocycles. The van der Waals surface area contributed by atoms with E-state index < -0.39 is 0 Å². The summed E-state index contributed by atoms with van der Waals surface area (Å²) < 4.78 is 5.91. The van der Waals surface area contributed by atoms with E-state index in [1.807, 2.05) is 0 Å². The first-order valence-electron chi connectivity index (χ1n) is 7.74. The van der Waals surface area contributed by atoms with Gasteiger partial charge in [-0.05, 0) is 37.4 Å². The minimum absolute atomic E-state index is 0.742. The third kappa shape index (κ3) is 5.00. The van der Waals surface area contributed by atoms with Crippen LogP contribution in [0.25, 0.3) is 0 Å². The van der Waals surface area contributed by atoms with Crippen molar-refractivity contribution in [2.75, 3.05) is 13.1 Å². The van der Waals surface area contributed by atoms with Gasteiger partial charge in [-0.15, -0.1) is 0 Å². The van der Waals surface area contributed by atoms with Gasteiger partial charge in [0, 0.05) is 12.6 Å².